The minimum atomic E-state index is -0.655. The number of aliphatic hydroxyl groups excluding tert-OH is 1. The molecule has 2 unspecified atom stereocenters. The number of aliphatic hydroxyl groups is 1. The molecule has 1 aromatic rings. The summed E-state index contributed by atoms with van der Waals surface area (Å²) in [4.78, 5) is 0. The molecule has 0 amide bonds. The summed E-state index contributed by atoms with van der Waals surface area (Å²) >= 11 is 0. The molecule has 1 aromatic carbocycles. The Kier molecular flexibility index (Phi) is 6.20. The van der Waals surface area contributed by atoms with Crippen molar-refractivity contribution in [3.63, 3.8) is 0 Å². The fourth-order valence-corrected chi connectivity index (χ4v) is 1.38. The van der Waals surface area contributed by atoms with Crippen LogP contribution >= 0.6 is 0 Å². The van der Waals surface area contributed by atoms with Gasteiger partial charge in [0.25, 0.3) is 0 Å². The Morgan fingerprint density at radius 2 is 2.11 bits per heavy atom. The molecule has 0 radical (unpaired) electrons. The Morgan fingerprint density at radius 1 is 1.44 bits per heavy atom. The third kappa shape index (κ3) is 5.17. The molecule has 0 saturated heterocycles. The summed E-state index contributed by atoms with van der Waals surface area (Å²) in [6.07, 6.45) is 5.44. The van der Waals surface area contributed by atoms with Crippen LogP contribution < -0.4 is 10.1 Å². The van der Waals surface area contributed by atoms with Gasteiger partial charge in [0, 0.05) is 6.54 Å². The van der Waals surface area contributed by atoms with Gasteiger partial charge < -0.3 is 15.2 Å². The van der Waals surface area contributed by atoms with E-state index in [2.05, 4.69) is 11.2 Å². The average molecular weight is 251 g/mol. The number of terminal acetylenes is 1. The maximum absolute atomic E-state index is 12.6. The lowest BCUT2D eigenvalue weighted by molar-refractivity contribution is 0.105. The van der Waals surface area contributed by atoms with Crippen molar-refractivity contribution < 1.29 is 14.2 Å². The van der Waals surface area contributed by atoms with Gasteiger partial charge in [-0.3, -0.25) is 0 Å². The van der Waals surface area contributed by atoms with E-state index in [0.717, 1.165) is 6.42 Å². The SMILES string of the molecule is C#CC(CC)NCC(O)COc1ccc(F)cc1. The van der Waals surface area contributed by atoms with Crippen LogP contribution in [0.1, 0.15) is 13.3 Å². The van der Waals surface area contributed by atoms with Crippen LogP contribution in [0, 0.1) is 18.2 Å². The van der Waals surface area contributed by atoms with E-state index in [1.165, 1.54) is 24.3 Å². The average Bonchev–Trinajstić information content (AvgIpc) is 2.39. The van der Waals surface area contributed by atoms with Crippen LogP contribution in [0.15, 0.2) is 24.3 Å². The van der Waals surface area contributed by atoms with Crippen LogP contribution in [-0.2, 0) is 0 Å². The number of ether oxygens (including phenoxy) is 1. The van der Waals surface area contributed by atoms with Crippen LogP contribution in [0.3, 0.4) is 0 Å². The van der Waals surface area contributed by atoms with E-state index in [1.807, 2.05) is 6.92 Å². The molecule has 3 nitrogen and oxygen atoms in total. The predicted octanol–water partition coefficient (Wildman–Crippen LogP) is 1.57. The van der Waals surface area contributed by atoms with Crippen molar-refractivity contribution in [1.82, 2.24) is 5.32 Å². The summed E-state index contributed by atoms with van der Waals surface area (Å²) in [5.41, 5.74) is 0. The fourth-order valence-electron chi connectivity index (χ4n) is 1.38. The summed E-state index contributed by atoms with van der Waals surface area (Å²) in [5.74, 6) is 2.79. The highest BCUT2D eigenvalue weighted by Gasteiger charge is 2.08. The van der Waals surface area contributed by atoms with Crippen LogP contribution in [0.25, 0.3) is 0 Å². The Bertz CT molecular complexity index is 386. The van der Waals surface area contributed by atoms with Gasteiger partial charge >= 0.3 is 0 Å². The summed E-state index contributed by atoms with van der Waals surface area (Å²) in [6.45, 7) is 2.47. The van der Waals surface area contributed by atoms with Gasteiger partial charge in [-0.15, -0.1) is 6.42 Å². The van der Waals surface area contributed by atoms with Gasteiger partial charge in [0.1, 0.15) is 24.3 Å². The third-order valence-corrected chi connectivity index (χ3v) is 2.47. The fraction of sp³-hybridized carbons (Fsp3) is 0.429. The van der Waals surface area contributed by atoms with E-state index >= 15 is 0 Å². The summed E-state index contributed by atoms with van der Waals surface area (Å²) in [5, 5.41) is 12.7. The maximum Gasteiger partial charge on any atom is 0.123 e. The van der Waals surface area contributed by atoms with Crippen molar-refractivity contribution in [3.05, 3.63) is 30.1 Å². The first kappa shape index (κ1) is 14.5. The highest BCUT2D eigenvalue weighted by molar-refractivity contribution is 5.22. The van der Waals surface area contributed by atoms with E-state index in [9.17, 15) is 9.50 Å². The Labute approximate surface area is 107 Å². The molecule has 98 valence electrons. The summed E-state index contributed by atoms with van der Waals surface area (Å²) < 4.78 is 18.0. The highest BCUT2D eigenvalue weighted by Crippen LogP contribution is 2.11. The van der Waals surface area contributed by atoms with E-state index in [0.29, 0.717) is 12.3 Å². The minimum absolute atomic E-state index is 0.0366. The molecule has 4 heteroatoms. The minimum Gasteiger partial charge on any atom is -0.491 e. The van der Waals surface area contributed by atoms with Crippen molar-refractivity contribution in [2.75, 3.05) is 13.2 Å². The molecule has 1 rings (SSSR count). The number of nitrogens with one attached hydrogen (secondary N) is 1. The Balaban J connectivity index is 2.27. The molecule has 0 aliphatic carbocycles. The molecule has 0 bridgehead atoms. The standard InChI is InChI=1S/C14H18FNO2/c1-3-12(4-2)16-9-13(17)10-18-14-7-5-11(15)6-8-14/h1,5-8,12-13,16-17H,4,9-10H2,2H3. The van der Waals surface area contributed by atoms with Crippen molar-refractivity contribution in [2.24, 2.45) is 0 Å². The monoisotopic (exact) mass is 251 g/mol. The van der Waals surface area contributed by atoms with E-state index < -0.39 is 6.10 Å². The molecule has 2 atom stereocenters. The molecule has 2 N–H and O–H groups in total. The topological polar surface area (TPSA) is 41.5 Å². The zero-order valence-electron chi connectivity index (χ0n) is 10.4. The molecule has 0 aliphatic rings. The van der Waals surface area contributed by atoms with Crippen molar-refractivity contribution in [2.45, 2.75) is 25.5 Å². The van der Waals surface area contributed by atoms with E-state index in [1.54, 1.807) is 0 Å². The normalized spacial score (nSPS) is 13.7. The second-order valence-corrected chi connectivity index (χ2v) is 3.95. The molecule has 0 aromatic heterocycles. The summed E-state index contributed by atoms with van der Waals surface area (Å²) in [7, 11) is 0. The van der Waals surface area contributed by atoms with Gasteiger partial charge in [-0.05, 0) is 30.7 Å². The Morgan fingerprint density at radius 3 is 2.67 bits per heavy atom. The lowest BCUT2D eigenvalue weighted by atomic mass is 10.2. The first-order valence-corrected chi connectivity index (χ1v) is 5.91. The smallest absolute Gasteiger partial charge is 0.123 e. The van der Waals surface area contributed by atoms with Crippen molar-refractivity contribution >= 4 is 0 Å². The van der Waals surface area contributed by atoms with Gasteiger partial charge in [-0.2, -0.15) is 0 Å². The Hall–Kier alpha value is -1.57. The zero-order valence-corrected chi connectivity index (χ0v) is 10.4. The summed E-state index contributed by atoms with van der Waals surface area (Å²) in [6, 6.07) is 5.62. The van der Waals surface area contributed by atoms with Crippen LogP contribution in [-0.4, -0.2) is 30.4 Å². The molecule has 0 heterocycles. The molecule has 0 saturated carbocycles. The second-order valence-electron chi connectivity index (χ2n) is 3.95. The van der Waals surface area contributed by atoms with Gasteiger partial charge in [0.2, 0.25) is 0 Å². The molecule has 0 spiro atoms. The number of rotatable bonds is 7. The predicted molar refractivity (Wildman–Crippen MR) is 68.8 cm³/mol. The number of hydrogen-bond acceptors (Lipinski definition) is 3. The molecule has 18 heavy (non-hydrogen) atoms. The zero-order chi connectivity index (χ0) is 13.4. The van der Waals surface area contributed by atoms with Gasteiger partial charge in [0.15, 0.2) is 0 Å². The van der Waals surface area contributed by atoms with E-state index in [-0.39, 0.29) is 18.5 Å². The lowest BCUT2D eigenvalue weighted by Crippen LogP contribution is -2.37. The van der Waals surface area contributed by atoms with Gasteiger partial charge in [-0.25, -0.2) is 4.39 Å². The van der Waals surface area contributed by atoms with Crippen LogP contribution in [0.5, 0.6) is 5.75 Å². The number of benzene rings is 1. The van der Waals surface area contributed by atoms with Crippen molar-refractivity contribution in [1.29, 1.82) is 0 Å². The third-order valence-electron chi connectivity index (χ3n) is 2.47. The highest BCUT2D eigenvalue weighted by atomic mass is 19.1. The van der Waals surface area contributed by atoms with Crippen LogP contribution in [0.4, 0.5) is 4.39 Å². The van der Waals surface area contributed by atoms with E-state index in [4.69, 9.17) is 11.2 Å². The first-order chi connectivity index (χ1) is 8.65. The second kappa shape index (κ2) is 7.70. The lowest BCUT2D eigenvalue weighted by Gasteiger charge is -2.15. The van der Waals surface area contributed by atoms with Crippen LogP contribution in [0.2, 0.25) is 0 Å². The number of halogens is 1. The quantitative estimate of drug-likeness (QED) is 0.723. The molecule has 0 aliphatic heterocycles. The van der Waals surface area contributed by atoms with Gasteiger partial charge in [0.05, 0.1) is 6.04 Å². The molecular weight excluding hydrogens is 233 g/mol. The van der Waals surface area contributed by atoms with Crippen molar-refractivity contribution in [3.8, 4) is 18.1 Å². The number of hydrogen-bond donors (Lipinski definition) is 2. The maximum atomic E-state index is 12.6. The molecule has 0 fully saturated rings. The largest absolute Gasteiger partial charge is 0.491 e. The van der Waals surface area contributed by atoms with Gasteiger partial charge in [-0.1, -0.05) is 12.8 Å². The molecular formula is C14H18FNO2. The first-order valence-electron chi connectivity index (χ1n) is 5.91.